The molecule has 1 heterocycles. The van der Waals surface area contributed by atoms with Crippen molar-refractivity contribution in [3.8, 4) is 0 Å². The zero-order chi connectivity index (χ0) is 20.5. The summed E-state index contributed by atoms with van der Waals surface area (Å²) in [7, 11) is 0. The number of anilines is 2. The van der Waals surface area contributed by atoms with Crippen LogP contribution in [0.25, 0.3) is 0 Å². The Morgan fingerprint density at radius 2 is 1.79 bits per heavy atom. The highest BCUT2D eigenvalue weighted by Crippen LogP contribution is 2.27. The summed E-state index contributed by atoms with van der Waals surface area (Å²) in [6, 6.07) is 15.5. The number of carbonyl (C=O) groups is 2. The van der Waals surface area contributed by atoms with E-state index in [1.165, 1.54) is 18.2 Å². The largest absolute Gasteiger partial charge is 0.371 e. The zero-order valence-electron chi connectivity index (χ0n) is 16.9. The summed E-state index contributed by atoms with van der Waals surface area (Å²) in [6.07, 6.45) is 4.41. The number of piperidine rings is 1. The van der Waals surface area contributed by atoms with Crippen LogP contribution in [0.1, 0.15) is 43.0 Å². The second-order valence-corrected chi connectivity index (χ2v) is 8.23. The molecule has 29 heavy (non-hydrogen) atoms. The van der Waals surface area contributed by atoms with E-state index in [0.717, 1.165) is 42.9 Å². The number of rotatable bonds is 8. The van der Waals surface area contributed by atoms with Crippen molar-refractivity contribution < 1.29 is 9.59 Å². The van der Waals surface area contributed by atoms with Gasteiger partial charge in [0.25, 0.3) is 5.91 Å². The first-order chi connectivity index (χ1) is 14.2. The molecule has 2 aromatic rings. The molecule has 3 rings (SSSR count). The lowest BCUT2D eigenvalue weighted by molar-refractivity contribution is -0.113. The number of amides is 2. The van der Waals surface area contributed by atoms with Crippen molar-refractivity contribution in [1.82, 2.24) is 5.32 Å². The van der Waals surface area contributed by atoms with Gasteiger partial charge < -0.3 is 15.5 Å². The molecule has 1 saturated heterocycles. The predicted octanol–water partition coefficient (Wildman–Crippen LogP) is 4.55. The number of nitrogens with zero attached hydrogens (tertiary/aromatic N) is 1. The molecule has 0 atom stereocenters. The maximum Gasteiger partial charge on any atom is 0.253 e. The third-order valence-electron chi connectivity index (χ3n) is 4.87. The highest BCUT2D eigenvalue weighted by atomic mass is 32.2. The van der Waals surface area contributed by atoms with E-state index < -0.39 is 0 Å². The van der Waals surface area contributed by atoms with Crippen LogP contribution >= 0.6 is 11.8 Å². The van der Waals surface area contributed by atoms with Gasteiger partial charge in [-0.2, -0.15) is 0 Å². The Hall–Kier alpha value is -2.47. The van der Waals surface area contributed by atoms with E-state index in [1.54, 1.807) is 6.07 Å². The van der Waals surface area contributed by atoms with Crippen LogP contribution in [0.3, 0.4) is 0 Å². The number of hydrogen-bond acceptors (Lipinski definition) is 4. The average molecular weight is 412 g/mol. The lowest BCUT2D eigenvalue weighted by Gasteiger charge is -2.30. The van der Waals surface area contributed by atoms with Crippen molar-refractivity contribution in [2.45, 2.75) is 37.5 Å². The number of carbonyl (C=O) groups excluding carboxylic acids is 2. The second-order valence-electron chi connectivity index (χ2n) is 7.19. The van der Waals surface area contributed by atoms with Crippen LogP contribution < -0.4 is 15.5 Å². The Morgan fingerprint density at radius 1 is 1.03 bits per heavy atom. The Kier molecular flexibility index (Phi) is 7.99. The molecule has 6 heteroatoms. The highest BCUT2D eigenvalue weighted by molar-refractivity contribution is 8.00. The summed E-state index contributed by atoms with van der Waals surface area (Å²) in [6.45, 7) is 4.61. The Bertz CT molecular complexity index is 820. The number of nitrogens with one attached hydrogen (secondary N) is 2. The molecule has 154 valence electrons. The van der Waals surface area contributed by atoms with Gasteiger partial charge in [-0.1, -0.05) is 25.1 Å². The van der Waals surface area contributed by atoms with E-state index in [-0.39, 0.29) is 11.8 Å². The van der Waals surface area contributed by atoms with E-state index >= 15 is 0 Å². The summed E-state index contributed by atoms with van der Waals surface area (Å²) in [5.74, 6) is 0.168. The van der Waals surface area contributed by atoms with Crippen molar-refractivity contribution in [2.24, 2.45) is 0 Å². The fraction of sp³-hybridized carbons (Fsp3) is 0.391. The molecule has 1 aliphatic heterocycles. The minimum Gasteiger partial charge on any atom is -0.371 e. The molecule has 1 fully saturated rings. The molecule has 0 bridgehead atoms. The van der Waals surface area contributed by atoms with Crippen molar-refractivity contribution in [2.75, 3.05) is 35.6 Å². The van der Waals surface area contributed by atoms with Crippen LogP contribution in [0.2, 0.25) is 0 Å². The van der Waals surface area contributed by atoms with Gasteiger partial charge in [0, 0.05) is 35.9 Å². The first-order valence-corrected chi connectivity index (χ1v) is 11.3. The third-order valence-corrected chi connectivity index (χ3v) is 5.88. The molecule has 1 aliphatic rings. The summed E-state index contributed by atoms with van der Waals surface area (Å²) < 4.78 is 0. The molecule has 0 unspecified atom stereocenters. The van der Waals surface area contributed by atoms with E-state index in [9.17, 15) is 9.59 Å². The lowest BCUT2D eigenvalue weighted by Crippen LogP contribution is -2.33. The predicted molar refractivity (Wildman–Crippen MR) is 121 cm³/mol. The molecule has 0 spiro atoms. The zero-order valence-corrected chi connectivity index (χ0v) is 17.8. The Labute approximate surface area is 177 Å². The quantitative estimate of drug-likeness (QED) is 0.626. The first kappa shape index (κ1) is 21.2. The molecular weight excluding hydrogens is 382 g/mol. The summed E-state index contributed by atoms with van der Waals surface area (Å²) in [4.78, 5) is 28.5. The SMILES string of the molecule is CCCNC(=O)c1cc(NC(=O)CSc2ccccc2)ccc1N1CCCCC1. The molecule has 5 nitrogen and oxygen atoms in total. The van der Waals surface area contributed by atoms with Gasteiger partial charge in [-0.15, -0.1) is 11.8 Å². The lowest BCUT2D eigenvalue weighted by atomic mass is 10.1. The van der Waals surface area contributed by atoms with Gasteiger partial charge in [-0.25, -0.2) is 0 Å². The van der Waals surface area contributed by atoms with Gasteiger partial charge >= 0.3 is 0 Å². The number of thioether (sulfide) groups is 1. The maximum atomic E-state index is 12.8. The normalized spacial score (nSPS) is 13.8. The average Bonchev–Trinajstić information content (AvgIpc) is 2.77. The molecule has 2 N–H and O–H groups in total. The van der Waals surface area contributed by atoms with Crippen LogP contribution in [-0.2, 0) is 4.79 Å². The fourth-order valence-corrected chi connectivity index (χ4v) is 4.12. The van der Waals surface area contributed by atoms with Crippen molar-refractivity contribution in [1.29, 1.82) is 0 Å². The fourth-order valence-electron chi connectivity index (χ4n) is 3.40. The van der Waals surface area contributed by atoms with Crippen molar-refractivity contribution in [3.63, 3.8) is 0 Å². The maximum absolute atomic E-state index is 12.8. The van der Waals surface area contributed by atoms with Gasteiger partial charge in [0.15, 0.2) is 0 Å². The molecular formula is C23H29N3O2S. The highest BCUT2D eigenvalue weighted by Gasteiger charge is 2.19. The van der Waals surface area contributed by atoms with Crippen molar-refractivity contribution in [3.05, 3.63) is 54.1 Å². The monoisotopic (exact) mass is 411 g/mol. The topological polar surface area (TPSA) is 61.4 Å². The van der Waals surface area contributed by atoms with Gasteiger partial charge in [0.1, 0.15) is 0 Å². The Balaban J connectivity index is 1.71. The molecule has 0 aromatic heterocycles. The first-order valence-electron chi connectivity index (χ1n) is 10.3. The van der Waals surface area contributed by atoms with Crippen LogP contribution in [0.4, 0.5) is 11.4 Å². The van der Waals surface area contributed by atoms with Gasteiger partial charge in [-0.3, -0.25) is 9.59 Å². The number of benzene rings is 2. The van der Waals surface area contributed by atoms with Crippen LogP contribution in [0.5, 0.6) is 0 Å². The molecule has 0 saturated carbocycles. The standard InChI is InChI=1S/C23H29N3O2S/c1-2-13-24-23(28)20-16-18(11-12-21(20)26-14-7-4-8-15-26)25-22(27)17-29-19-9-5-3-6-10-19/h3,5-6,9-12,16H,2,4,7-8,13-15,17H2,1H3,(H,24,28)(H,25,27). The summed E-state index contributed by atoms with van der Waals surface area (Å²) >= 11 is 1.50. The summed E-state index contributed by atoms with van der Waals surface area (Å²) in [5, 5.41) is 5.91. The van der Waals surface area contributed by atoms with E-state index in [1.807, 2.05) is 49.4 Å². The van der Waals surface area contributed by atoms with E-state index in [0.29, 0.717) is 23.5 Å². The van der Waals surface area contributed by atoms with Crippen LogP contribution in [0, 0.1) is 0 Å². The molecule has 2 amide bonds. The molecule has 0 radical (unpaired) electrons. The van der Waals surface area contributed by atoms with E-state index in [2.05, 4.69) is 15.5 Å². The molecule has 2 aromatic carbocycles. The van der Waals surface area contributed by atoms with Crippen molar-refractivity contribution >= 4 is 35.0 Å². The minimum atomic E-state index is -0.0813. The Morgan fingerprint density at radius 3 is 2.52 bits per heavy atom. The van der Waals surface area contributed by atoms with Gasteiger partial charge in [0.2, 0.25) is 5.91 Å². The molecule has 0 aliphatic carbocycles. The van der Waals surface area contributed by atoms with Gasteiger partial charge in [0.05, 0.1) is 11.3 Å². The smallest absolute Gasteiger partial charge is 0.253 e. The van der Waals surface area contributed by atoms with Gasteiger partial charge in [-0.05, 0) is 56.0 Å². The van der Waals surface area contributed by atoms with Crippen LogP contribution in [-0.4, -0.2) is 37.2 Å². The summed E-state index contributed by atoms with van der Waals surface area (Å²) in [5.41, 5.74) is 2.25. The number of hydrogen-bond donors (Lipinski definition) is 2. The van der Waals surface area contributed by atoms with Crippen LogP contribution in [0.15, 0.2) is 53.4 Å². The second kappa shape index (κ2) is 10.9. The minimum absolute atomic E-state index is 0.0792. The third kappa shape index (κ3) is 6.26. The van der Waals surface area contributed by atoms with E-state index in [4.69, 9.17) is 0 Å².